The van der Waals surface area contributed by atoms with Crippen molar-refractivity contribution in [3.63, 3.8) is 0 Å². The summed E-state index contributed by atoms with van der Waals surface area (Å²) in [6, 6.07) is 13.6. The van der Waals surface area contributed by atoms with Gasteiger partial charge in [0.15, 0.2) is 0 Å². The van der Waals surface area contributed by atoms with Gasteiger partial charge < -0.3 is 14.7 Å². The molecule has 138 valence electrons. The number of pyridine rings is 1. The predicted octanol–water partition coefficient (Wildman–Crippen LogP) is 3.58. The van der Waals surface area contributed by atoms with E-state index in [0.717, 1.165) is 30.0 Å². The lowest BCUT2D eigenvalue weighted by Gasteiger charge is -2.17. The number of benzene rings is 1. The van der Waals surface area contributed by atoms with Gasteiger partial charge in [-0.25, -0.2) is 4.98 Å². The molecule has 0 atom stereocenters. The van der Waals surface area contributed by atoms with Gasteiger partial charge in [-0.1, -0.05) is 35.5 Å². The second-order valence-electron chi connectivity index (χ2n) is 6.73. The molecule has 1 aliphatic rings. The normalized spacial score (nSPS) is 13.7. The van der Waals surface area contributed by atoms with Crippen LogP contribution >= 0.6 is 0 Å². The van der Waals surface area contributed by atoms with E-state index < -0.39 is 0 Å². The first-order chi connectivity index (χ1) is 13.2. The molecule has 4 rings (SSSR count). The van der Waals surface area contributed by atoms with Crippen LogP contribution < -0.4 is 10.2 Å². The summed E-state index contributed by atoms with van der Waals surface area (Å²) in [5.41, 5.74) is 2.93. The molecule has 1 aliphatic heterocycles. The van der Waals surface area contributed by atoms with Gasteiger partial charge in [0, 0.05) is 31.4 Å². The van der Waals surface area contributed by atoms with Crippen molar-refractivity contribution >= 4 is 11.7 Å². The number of hydrogen-bond donors (Lipinski definition) is 1. The lowest BCUT2D eigenvalue weighted by atomic mass is 10.1. The lowest BCUT2D eigenvalue weighted by Crippen LogP contribution is -2.24. The molecule has 1 aromatic carbocycles. The average molecular weight is 362 g/mol. The smallest absolute Gasteiger partial charge is 0.257 e. The van der Waals surface area contributed by atoms with Crippen LogP contribution in [0.5, 0.6) is 0 Å². The minimum Gasteiger partial charge on any atom is -0.360 e. The Hall–Kier alpha value is -3.15. The van der Waals surface area contributed by atoms with Crippen LogP contribution in [0.2, 0.25) is 0 Å². The number of amides is 1. The number of nitrogens with zero attached hydrogens (tertiary/aromatic N) is 3. The molecular weight excluding hydrogens is 340 g/mol. The number of nitrogens with one attached hydrogen (secondary N) is 1. The summed E-state index contributed by atoms with van der Waals surface area (Å²) in [5.74, 6) is 1.30. The molecule has 6 nitrogen and oxygen atoms in total. The topological polar surface area (TPSA) is 71.3 Å². The first-order valence-electron chi connectivity index (χ1n) is 9.22. The standard InChI is InChI=1S/C21H22N4O2/c1-15-19(20(24-27-15)17-7-3-2-4-8-17)21(26)23-14-16-9-10-22-18(13-16)25-11-5-6-12-25/h2-4,7-10,13H,5-6,11-12,14H2,1H3,(H,23,26). The van der Waals surface area contributed by atoms with Gasteiger partial charge in [-0.05, 0) is 37.5 Å². The van der Waals surface area contributed by atoms with Gasteiger partial charge in [0.05, 0.1) is 0 Å². The molecule has 1 fully saturated rings. The summed E-state index contributed by atoms with van der Waals surface area (Å²) in [5, 5.41) is 7.06. The van der Waals surface area contributed by atoms with Gasteiger partial charge >= 0.3 is 0 Å². The maximum Gasteiger partial charge on any atom is 0.257 e. The van der Waals surface area contributed by atoms with Crippen molar-refractivity contribution in [3.05, 3.63) is 65.5 Å². The Morgan fingerprint density at radius 3 is 2.74 bits per heavy atom. The monoisotopic (exact) mass is 362 g/mol. The number of anilines is 1. The third-order valence-corrected chi connectivity index (χ3v) is 4.83. The van der Waals surface area contributed by atoms with Crippen LogP contribution in [0.25, 0.3) is 11.3 Å². The van der Waals surface area contributed by atoms with Crippen molar-refractivity contribution in [3.8, 4) is 11.3 Å². The quantitative estimate of drug-likeness (QED) is 0.751. The number of rotatable bonds is 5. The van der Waals surface area contributed by atoms with E-state index in [4.69, 9.17) is 4.52 Å². The third-order valence-electron chi connectivity index (χ3n) is 4.83. The van der Waals surface area contributed by atoms with Crippen molar-refractivity contribution < 1.29 is 9.32 Å². The van der Waals surface area contributed by atoms with Crippen LogP contribution in [-0.4, -0.2) is 29.1 Å². The van der Waals surface area contributed by atoms with E-state index in [1.165, 1.54) is 12.8 Å². The highest BCUT2D eigenvalue weighted by Crippen LogP contribution is 2.25. The molecule has 0 radical (unpaired) electrons. The first-order valence-corrected chi connectivity index (χ1v) is 9.22. The van der Waals surface area contributed by atoms with Gasteiger partial charge in [-0.3, -0.25) is 4.79 Å². The van der Waals surface area contributed by atoms with Gasteiger partial charge in [0.1, 0.15) is 22.8 Å². The highest BCUT2D eigenvalue weighted by Gasteiger charge is 2.21. The van der Waals surface area contributed by atoms with Crippen molar-refractivity contribution in [1.82, 2.24) is 15.5 Å². The van der Waals surface area contributed by atoms with Crippen molar-refractivity contribution in [2.24, 2.45) is 0 Å². The van der Waals surface area contributed by atoms with E-state index in [-0.39, 0.29) is 5.91 Å². The molecule has 0 aliphatic carbocycles. The Morgan fingerprint density at radius 2 is 1.96 bits per heavy atom. The summed E-state index contributed by atoms with van der Waals surface area (Å²) >= 11 is 0. The Bertz CT molecular complexity index is 930. The highest BCUT2D eigenvalue weighted by molar-refractivity contribution is 6.00. The second-order valence-corrected chi connectivity index (χ2v) is 6.73. The van der Waals surface area contributed by atoms with Crippen LogP contribution in [0.1, 0.15) is 34.5 Å². The molecule has 0 spiro atoms. The minimum absolute atomic E-state index is 0.188. The number of carbonyl (C=O) groups is 1. The highest BCUT2D eigenvalue weighted by atomic mass is 16.5. The lowest BCUT2D eigenvalue weighted by molar-refractivity contribution is 0.0950. The molecule has 2 aromatic heterocycles. The van der Waals surface area contributed by atoms with Gasteiger partial charge in [-0.15, -0.1) is 0 Å². The van der Waals surface area contributed by atoms with Gasteiger partial charge in [0.25, 0.3) is 5.91 Å². The second kappa shape index (κ2) is 7.61. The average Bonchev–Trinajstić information content (AvgIpc) is 3.37. The largest absolute Gasteiger partial charge is 0.360 e. The molecule has 27 heavy (non-hydrogen) atoms. The van der Waals surface area contributed by atoms with Gasteiger partial charge in [0.2, 0.25) is 0 Å². The molecule has 1 amide bonds. The SMILES string of the molecule is Cc1onc(-c2ccccc2)c1C(=O)NCc1ccnc(N2CCCC2)c1. The zero-order chi connectivity index (χ0) is 18.6. The predicted molar refractivity (Wildman–Crippen MR) is 104 cm³/mol. The molecule has 1 N–H and O–H groups in total. The molecular formula is C21H22N4O2. The fourth-order valence-corrected chi connectivity index (χ4v) is 3.39. The Morgan fingerprint density at radius 1 is 1.19 bits per heavy atom. The molecule has 0 saturated carbocycles. The van der Waals surface area contributed by atoms with E-state index in [1.807, 2.05) is 42.5 Å². The van der Waals surface area contributed by atoms with E-state index in [1.54, 1.807) is 13.1 Å². The van der Waals surface area contributed by atoms with Crippen molar-refractivity contribution in [1.29, 1.82) is 0 Å². The molecule has 3 aromatic rings. The Kier molecular flexibility index (Phi) is 4.87. The molecule has 3 heterocycles. The molecule has 1 saturated heterocycles. The van der Waals surface area contributed by atoms with E-state index in [2.05, 4.69) is 20.4 Å². The number of carbonyl (C=O) groups excluding carboxylic acids is 1. The van der Waals surface area contributed by atoms with E-state index >= 15 is 0 Å². The van der Waals surface area contributed by atoms with Crippen LogP contribution in [0.3, 0.4) is 0 Å². The van der Waals surface area contributed by atoms with Crippen LogP contribution in [0.4, 0.5) is 5.82 Å². The first kappa shape index (κ1) is 17.3. The summed E-state index contributed by atoms with van der Waals surface area (Å²) in [6.07, 6.45) is 4.21. The van der Waals surface area contributed by atoms with E-state index in [0.29, 0.717) is 23.6 Å². The van der Waals surface area contributed by atoms with Crippen molar-refractivity contribution in [2.75, 3.05) is 18.0 Å². The number of aryl methyl sites for hydroxylation is 1. The maximum absolute atomic E-state index is 12.8. The number of aromatic nitrogens is 2. The summed E-state index contributed by atoms with van der Waals surface area (Å²) in [7, 11) is 0. The third kappa shape index (κ3) is 3.69. The zero-order valence-electron chi connectivity index (χ0n) is 15.3. The van der Waals surface area contributed by atoms with E-state index in [9.17, 15) is 4.79 Å². The zero-order valence-corrected chi connectivity index (χ0v) is 15.3. The van der Waals surface area contributed by atoms with Crippen LogP contribution in [0.15, 0.2) is 53.2 Å². The fraction of sp³-hybridized carbons (Fsp3) is 0.286. The summed E-state index contributed by atoms with van der Waals surface area (Å²) in [6.45, 7) is 4.28. The van der Waals surface area contributed by atoms with Gasteiger partial charge in [-0.2, -0.15) is 0 Å². The summed E-state index contributed by atoms with van der Waals surface area (Å²) in [4.78, 5) is 19.5. The fourth-order valence-electron chi connectivity index (χ4n) is 3.39. The summed E-state index contributed by atoms with van der Waals surface area (Å²) < 4.78 is 5.28. The molecule has 0 unspecified atom stereocenters. The maximum atomic E-state index is 12.8. The molecule has 6 heteroatoms. The number of hydrogen-bond acceptors (Lipinski definition) is 5. The minimum atomic E-state index is -0.188. The Balaban J connectivity index is 1.49. The van der Waals surface area contributed by atoms with Crippen LogP contribution in [0, 0.1) is 6.92 Å². The van der Waals surface area contributed by atoms with Crippen molar-refractivity contribution in [2.45, 2.75) is 26.3 Å². The Labute approximate surface area is 158 Å². The van der Waals surface area contributed by atoms with Crippen LogP contribution in [-0.2, 0) is 6.54 Å². The molecule has 0 bridgehead atoms.